The molecule has 0 atom stereocenters. The highest BCUT2D eigenvalue weighted by molar-refractivity contribution is 6.00. The second-order valence-corrected chi connectivity index (χ2v) is 5.82. The fourth-order valence-electron chi connectivity index (χ4n) is 2.68. The van der Waals surface area contributed by atoms with Crippen molar-refractivity contribution in [2.24, 2.45) is 0 Å². The van der Waals surface area contributed by atoms with E-state index in [0.29, 0.717) is 6.04 Å². The summed E-state index contributed by atoms with van der Waals surface area (Å²) in [6, 6.07) is 6.75. The molecule has 0 radical (unpaired) electrons. The maximum atomic E-state index is 12.7. The van der Waals surface area contributed by atoms with Crippen LogP contribution in [0.1, 0.15) is 48.0 Å². The summed E-state index contributed by atoms with van der Waals surface area (Å²) in [5.41, 5.74) is 3.03. The van der Waals surface area contributed by atoms with Gasteiger partial charge in [-0.15, -0.1) is 0 Å². The lowest BCUT2D eigenvalue weighted by Gasteiger charge is -2.27. The molecule has 1 saturated heterocycles. The Kier molecular flexibility index (Phi) is 3.45. The Balaban J connectivity index is 1.83. The Hall–Kier alpha value is -1.51. The first kappa shape index (κ1) is 12.5. The molecule has 0 unspecified atom stereocenters. The van der Waals surface area contributed by atoms with Crippen molar-refractivity contribution in [2.45, 2.75) is 45.1 Å². The number of benzene rings is 1. The summed E-state index contributed by atoms with van der Waals surface area (Å²) in [4.78, 5) is 14.7. The van der Waals surface area contributed by atoms with Gasteiger partial charge in [-0.3, -0.25) is 4.79 Å². The molecular weight excluding hydrogens is 236 g/mol. The van der Waals surface area contributed by atoms with E-state index in [9.17, 15) is 4.79 Å². The molecule has 0 aromatic heterocycles. The van der Waals surface area contributed by atoms with Crippen LogP contribution in [-0.4, -0.2) is 29.9 Å². The van der Waals surface area contributed by atoms with Crippen molar-refractivity contribution in [1.82, 2.24) is 4.90 Å². The molecule has 0 bridgehead atoms. The molecule has 1 amide bonds. The third-order valence-electron chi connectivity index (χ3n) is 3.99. The number of likely N-dealkylation sites (tertiary alicyclic amines) is 1. The van der Waals surface area contributed by atoms with Crippen molar-refractivity contribution in [3.05, 3.63) is 29.3 Å². The molecule has 1 aliphatic carbocycles. The number of hydrogen-bond acceptors (Lipinski definition) is 2. The fraction of sp³-hybridized carbons (Fsp3) is 0.562. The van der Waals surface area contributed by atoms with Gasteiger partial charge in [-0.1, -0.05) is 11.6 Å². The first-order chi connectivity index (χ1) is 9.24. The van der Waals surface area contributed by atoms with Gasteiger partial charge >= 0.3 is 0 Å². The summed E-state index contributed by atoms with van der Waals surface area (Å²) < 4.78 is 0. The van der Waals surface area contributed by atoms with Crippen molar-refractivity contribution in [2.75, 3.05) is 18.4 Å². The summed E-state index contributed by atoms with van der Waals surface area (Å²) in [5.74, 6) is 0.201. The lowest BCUT2D eigenvalue weighted by molar-refractivity contribution is 0.0725. The fourth-order valence-corrected chi connectivity index (χ4v) is 2.68. The highest BCUT2D eigenvalue weighted by Crippen LogP contribution is 2.28. The summed E-state index contributed by atoms with van der Waals surface area (Å²) in [6.07, 6.45) is 5.99. The Morgan fingerprint density at radius 1 is 1.21 bits per heavy atom. The van der Waals surface area contributed by atoms with Crippen molar-refractivity contribution in [3.63, 3.8) is 0 Å². The van der Waals surface area contributed by atoms with Gasteiger partial charge in [0.25, 0.3) is 5.91 Å². The standard InChI is InChI=1S/C16H22N2O/c1-12-5-8-15(17-13-6-7-13)14(11-12)16(19)18-9-3-2-4-10-18/h5,8,11,13,17H,2-4,6-7,9-10H2,1H3. The van der Waals surface area contributed by atoms with E-state index in [1.54, 1.807) is 0 Å². The van der Waals surface area contributed by atoms with E-state index in [4.69, 9.17) is 0 Å². The van der Waals surface area contributed by atoms with Crippen LogP contribution in [0, 0.1) is 6.92 Å². The van der Waals surface area contributed by atoms with Crippen LogP contribution in [0.2, 0.25) is 0 Å². The number of piperidine rings is 1. The number of carbonyl (C=O) groups is 1. The molecule has 1 heterocycles. The Morgan fingerprint density at radius 3 is 2.63 bits per heavy atom. The maximum Gasteiger partial charge on any atom is 0.255 e. The van der Waals surface area contributed by atoms with Gasteiger partial charge in [-0.05, 0) is 51.2 Å². The van der Waals surface area contributed by atoms with Crippen LogP contribution in [0.3, 0.4) is 0 Å². The van der Waals surface area contributed by atoms with Crippen molar-refractivity contribution in [1.29, 1.82) is 0 Å². The van der Waals surface area contributed by atoms with Gasteiger partial charge in [0.15, 0.2) is 0 Å². The molecule has 1 aliphatic heterocycles. The number of hydrogen-bond donors (Lipinski definition) is 1. The van der Waals surface area contributed by atoms with Gasteiger partial charge in [0.2, 0.25) is 0 Å². The molecule has 0 spiro atoms. The van der Waals surface area contributed by atoms with E-state index in [1.165, 1.54) is 19.3 Å². The van der Waals surface area contributed by atoms with Crippen LogP contribution in [0.5, 0.6) is 0 Å². The topological polar surface area (TPSA) is 32.3 Å². The van der Waals surface area contributed by atoms with Crippen LogP contribution < -0.4 is 5.32 Å². The SMILES string of the molecule is Cc1ccc(NC2CC2)c(C(=O)N2CCCCC2)c1. The summed E-state index contributed by atoms with van der Waals surface area (Å²) >= 11 is 0. The second kappa shape index (κ2) is 5.24. The minimum atomic E-state index is 0.201. The number of aryl methyl sites for hydroxylation is 1. The molecule has 1 saturated carbocycles. The lowest BCUT2D eigenvalue weighted by atomic mass is 10.1. The van der Waals surface area contributed by atoms with Gasteiger partial charge in [0.05, 0.1) is 5.56 Å². The molecule has 1 N–H and O–H groups in total. The molecular formula is C16H22N2O. The number of amides is 1. The van der Waals surface area contributed by atoms with Crippen LogP contribution in [0.25, 0.3) is 0 Å². The van der Waals surface area contributed by atoms with Crippen LogP contribution in [-0.2, 0) is 0 Å². The van der Waals surface area contributed by atoms with Crippen molar-refractivity contribution < 1.29 is 4.79 Å². The molecule has 2 aliphatic rings. The second-order valence-electron chi connectivity index (χ2n) is 5.82. The minimum absolute atomic E-state index is 0.201. The zero-order valence-corrected chi connectivity index (χ0v) is 11.6. The largest absolute Gasteiger partial charge is 0.382 e. The first-order valence-electron chi connectivity index (χ1n) is 7.40. The van der Waals surface area contributed by atoms with Crippen LogP contribution >= 0.6 is 0 Å². The quantitative estimate of drug-likeness (QED) is 0.903. The predicted octanol–water partition coefficient (Wildman–Crippen LogP) is 3.20. The normalized spacial score (nSPS) is 19.3. The van der Waals surface area contributed by atoms with E-state index in [1.807, 2.05) is 17.9 Å². The summed E-state index contributed by atoms with van der Waals surface area (Å²) in [6.45, 7) is 3.87. The smallest absolute Gasteiger partial charge is 0.255 e. The third-order valence-corrected chi connectivity index (χ3v) is 3.99. The number of anilines is 1. The van der Waals surface area contributed by atoms with E-state index in [2.05, 4.69) is 17.4 Å². The van der Waals surface area contributed by atoms with Crippen LogP contribution in [0.15, 0.2) is 18.2 Å². The molecule has 19 heavy (non-hydrogen) atoms. The third kappa shape index (κ3) is 2.91. The van der Waals surface area contributed by atoms with Crippen LogP contribution in [0.4, 0.5) is 5.69 Å². The molecule has 3 heteroatoms. The molecule has 1 aromatic carbocycles. The van der Waals surface area contributed by atoms with Gasteiger partial charge in [-0.25, -0.2) is 0 Å². The molecule has 102 valence electrons. The Labute approximate surface area is 115 Å². The first-order valence-corrected chi connectivity index (χ1v) is 7.40. The Bertz CT molecular complexity index is 474. The van der Waals surface area contributed by atoms with Crippen molar-refractivity contribution >= 4 is 11.6 Å². The highest BCUT2D eigenvalue weighted by atomic mass is 16.2. The van der Waals surface area contributed by atoms with Gasteiger partial charge in [0.1, 0.15) is 0 Å². The summed E-state index contributed by atoms with van der Waals surface area (Å²) in [5, 5.41) is 3.48. The maximum absolute atomic E-state index is 12.7. The zero-order chi connectivity index (χ0) is 13.2. The van der Waals surface area contributed by atoms with Crippen molar-refractivity contribution in [3.8, 4) is 0 Å². The monoisotopic (exact) mass is 258 g/mol. The minimum Gasteiger partial charge on any atom is -0.382 e. The molecule has 3 nitrogen and oxygen atoms in total. The van der Waals surface area contributed by atoms with E-state index >= 15 is 0 Å². The van der Waals surface area contributed by atoms with E-state index < -0.39 is 0 Å². The predicted molar refractivity (Wildman–Crippen MR) is 77.6 cm³/mol. The number of rotatable bonds is 3. The average molecular weight is 258 g/mol. The highest BCUT2D eigenvalue weighted by Gasteiger charge is 2.25. The number of carbonyl (C=O) groups excluding carboxylic acids is 1. The average Bonchev–Trinajstić information content (AvgIpc) is 3.25. The zero-order valence-electron chi connectivity index (χ0n) is 11.6. The Morgan fingerprint density at radius 2 is 1.95 bits per heavy atom. The van der Waals surface area contributed by atoms with Gasteiger partial charge < -0.3 is 10.2 Å². The summed E-state index contributed by atoms with van der Waals surface area (Å²) in [7, 11) is 0. The molecule has 3 rings (SSSR count). The lowest BCUT2D eigenvalue weighted by Crippen LogP contribution is -2.36. The number of nitrogens with zero attached hydrogens (tertiary/aromatic N) is 1. The van der Waals surface area contributed by atoms with E-state index in [-0.39, 0.29) is 5.91 Å². The van der Waals surface area contributed by atoms with Gasteiger partial charge in [-0.2, -0.15) is 0 Å². The van der Waals surface area contributed by atoms with E-state index in [0.717, 1.165) is 42.7 Å². The molecule has 2 fully saturated rings. The number of nitrogens with one attached hydrogen (secondary N) is 1. The van der Waals surface area contributed by atoms with Gasteiger partial charge in [0, 0.05) is 24.8 Å². The molecule has 1 aromatic rings.